The van der Waals surface area contributed by atoms with Crippen LogP contribution in [0.2, 0.25) is 0 Å². The molecule has 0 spiro atoms. The second kappa shape index (κ2) is 11.7. The minimum atomic E-state index is -0.418. The normalized spacial score (nSPS) is 14.4. The van der Waals surface area contributed by atoms with Gasteiger partial charge in [0.2, 0.25) is 0 Å². The van der Waals surface area contributed by atoms with Crippen LogP contribution in [0.3, 0.4) is 0 Å². The van der Waals surface area contributed by atoms with Gasteiger partial charge >= 0.3 is 5.97 Å². The first-order valence-corrected chi connectivity index (χ1v) is 12.1. The summed E-state index contributed by atoms with van der Waals surface area (Å²) in [5, 5.41) is 0. The molecule has 0 saturated carbocycles. The molecule has 1 aliphatic heterocycles. The number of para-hydroxylation sites is 1. The van der Waals surface area contributed by atoms with Gasteiger partial charge in [-0.15, -0.1) is 0 Å². The van der Waals surface area contributed by atoms with E-state index in [-0.39, 0.29) is 12.5 Å². The van der Waals surface area contributed by atoms with Crippen LogP contribution in [0, 0.1) is 0 Å². The number of nitrogens with zero attached hydrogens (tertiary/aromatic N) is 1. The number of carbonyl (C=O) groups excluding carboxylic acids is 2. The number of fused-ring (bicyclic) bond motifs is 1. The summed E-state index contributed by atoms with van der Waals surface area (Å²) in [5.74, 6) is 1.78. The molecule has 4 rings (SSSR count). The minimum absolute atomic E-state index is 0.140. The monoisotopic (exact) mass is 505 g/mol. The van der Waals surface area contributed by atoms with E-state index in [1.54, 1.807) is 50.6 Å². The number of carbonyl (C=O) groups is 2. The second-order valence-electron chi connectivity index (χ2n) is 8.43. The molecular weight excluding hydrogens is 474 g/mol. The maximum atomic E-state index is 13.8. The van der Waals surface area contributed by atoms with E-state index in [2.05, 4.69) is 0 Å². The predicted octanol–water partition coefficient (Wildman–Crippen LogP) is 4.71. The van der Waals surface area contributed by atoms with Gasteiger partial charge in [0.15, 0.2) is 11.5 Å². The summed E-state index contributed by atoms with van der Waals surface area (Å²) < 4.78 is 27.7. The number of benzene rings is 3. The number of amides is 1. The van der Waals surface area contributed by atoms with E-state index < -0.39 is 12.0 Å². The van der Waals surface area contributed by atoms with E-state index in [4.69, 9.17) is 23.7 Å². The summed E-state index contributed by atoms with van der Waals surface area (Å²) in [6.07, 6.45) is 0.655. The summed E-state index contributed by atoms with van der Waals surface area (Å²) >= 11 is 0. The van der Waals surface area contributed by atoms with Crippen LogP contribution < -0.4 is 18.9 Å². The lowest BCUT2D eigenvalue weighted by molar-refractivity contribution is 0.0579. The van der Waals surface area contributed by atoms with Crippen molar-refractivity contribution >= 4 is 11.9 Å². The molecule has 1 aliphatic rings. The number of hydrogen-bond acceptors (Lipinski definition) is 7. The highest BCUT2D eigenvalue weighted by atomic mass is 16.5. The molecular formula is C29H31NO7. The van der Waals surface area contributed by atoms with Crippen molar-refractivity contribution in [3.05, 3.63) is 82.9 Å². The molecule has 0 radical (unpaired) electrons. The first-order chi connectivity index (χ1) is 18.0. The molecule has 1 heterocycles. The Bertz CT molecular complexity index is 1260. The zero-order valence-electron chi connectivity index (χ0n) is 21.5. The van der Waals surface area contributed by atoms with Crippen molar-refractivity contribution in [1.82, 2.24) is 4.90 Å². The molecule has 0 aromatic heterocycles. The largest absolute Gasteiger partial charge is 0.493 e. The van der Waals surface area contributed by atoms with Crippen molar-refractivity contribution in [3.8, 4) is 23.0 Å². The molecule has 0 N–H and O–H groups in total. The van der Waals surface area contributed by atoms with Gasteiger partial charge in [0.05, 0.1) is 45.1 Å². The number of hydrogen-bond donors (Lipinski definition) is 0. The van der Waals surface area contributed by atoms with Crippen molar-refractivity contribution in [3.63, 3.8) is 0 Å². The van der Waals surface area contributed by atoms with Crippen molar-refractivity contribution in [2.24, 2.45) is 0 Å². The molecule has 0 saturated heterocycles. The Morgan fingerprint density at radius 2 is 1.59 bits per heavy atom. The van der Waals surface area contributed by atoms with Gasteiger partial charge in [-0.1, -0.05) is 12.1 Å². The fraction of sp³-hybridized carbons (Fsp3) is 0.310. The van der Waals surface area contributed by atoms with Crippen LogP contribution in [0.5, 0.6) is 23.0 Å². The summed E-state index contributed by atoms with van der Waals surface area (Å²) in [7, 11) is 4.53. The minimum Gasteiger partial charge on any atom is -0.493 e. The van der Waals surface area contributed by atoms with Gasteiger partial charge in [0.1, 0.15) is 18.1 Å². The van der Waals surface area contributed by atoms with Crippen LogP contribution in [0.15, 0.2) is 60.7 Å². The first-order valence-electron chi connectivity index (χ1n) is 12.1. The van der Waals surface area contributed by atoms with Crippen LogP contribution in [-0.4, -0.2) is 57.9 Å². The Kier molecular flexibility index (Phi) is 8.18. The van der Waals surface area contributed by atoms with Gasteiger partial charge in [-0.25, -0.2) is 4.79 Å². The fourth-order valence-electron chi connectivity index (χ4n) is 4.51. The molecule has 37 heavy (non-hydrogen) atoms. The van der Waals surface area contributed by atoms with Crippen molar-refractivity contribution < 1.29 is 33.3 Å². The van der Waals surface area contributed by atoms with E-state index in [1.807, 2.05) is 36.1 Å². The molecule has 194 valence electrons. The maximum Gasteiger partial charge on any atom is 0.337 e. The van der Waals surface area contributed by atoms with Gasteiger partial charge < -0.3 is 28.6 Å². The summed E-state index contributed by atoms with van der Waals surface area (Å²) in [6, 6.07) is 17.4. The second-order valence-corrected chi connectivity index (χ2v) is 8.43. The third kappa shape index (κ3) is 5.48. The number of rotatable bonds is 9. The van der Waals surface area contributed by atoms with Gasteiger partial charge in [0, 0.05) is 6.54 Å². The molecule has 1 atom stereocenters. The Morgan fingerprint density at radius 3 is 2.27 bits per heavy atom. The Morgan fingerprint density at radius 1 is 0.892 bits per heavy atom. The van der Waals surface area contributed by atoms with Crippen LogP contribution in [0.4, 0.5) is 0 Å². The van der Waals surface area contributed by atoms with Crippen molar-refractivity contribution in [2.45, 2.75) is 19.4 Å². The van der Waals surface area contributed by atoms with Crippen LogP contribution in [0.25, 0.3) is 0 Å². The number of esters is 1. The molecule has 8 heteroatoms. The Balaban J connectivity index is 1.68. The predicted molar refractivity (Wildman–Crippen MR) is 138 cm³/mol. The van der Waals surface area contributed by atoms with E-state index in [0.717, 1.165) is 11.1 Å². The van der Waals surface area contributed by atoms with Crippen LogP contribution in [-0.2, 0) is 11.2 Å². The average molecular weight is 506 g/mol. The highest BCUT2D eigenvalue weighted by Crippen LogP contribution is 2.39. The molecule has 8 nitrogen and oxygen atoms in total. The quantitative estimate of drug-likeness (QED) is 0.390. The Labute approximate surface area is 216 Å². The third-order valence-electron chi connectivity index (χ3n) is 6.36. The molecule has 0 fully saturated rings. The molecule has 3 aromatic rings. The summed E-state index contributed by atoms with van der Waals surface area (Å²) in [4.78, 5) is 27.4. The van der Waals surface area contributed by atoms with Gasteiger partial charge in [-0.3, -0.25) is 4.79 Å². The molecule has 0 aliphatic carbocycles. The summed E-state index contributed by atoms with van der Waals surface area (Å²) in [5.41, 5.74) is 2.92. The highest BCUT2D eigenvalue weighted by Gasteiger charge is 2.34. The third-order valence-corrected chi connectivity index (χ3v) is 6.36. The van der Waals surface area contributed by atoms with E-state index in [1.165, 1.54) is 7.11 Å². The zero-order valence-corrected chi connectivity index (χ0v) is 21.5. The van der Waals surface area contributed by atoms with E-state index in [0.29, 0.717) is 53.7 Å². The maximum absolute atomic E-state index is 13.8. The average Bonchev–Trinajstić information content (AvgIpc) is 2.95. The topological polar surface area (TPSA) is 83.5 Å². The standard InChI is InChI=1S/C29H31NO7/c1-5-36-25-9-7-6-8-22(25)28(31)30-15-14-20-16-26(33-2)27(34-3)17-23(20)24(30)18-37-21-12-10-19(11-13-21)29(32)35-4/h6-13,16-17,24H,5,14-15,18H2,1-4H3/t24-/m0/s1. The smallest absolute Gasteiger partial charge is 0.337 e. The zero-order chi connectivity index (χ0) is 26.4. The fourth-order valence-corrected chi connectivity index (χ4v) is 4.51. The van der Waals surface area contributed by atoms with E-state index >= 15 is 0 Å². The van der Waals surface area contributed by atoms with Gasteiger partial charge in [0.25, 0.3) is 5.91 Å². The van der Waals surface area contributed by atoms with E-state index in [9.17, 15) is 9.59 Å². The molecule has 0 unspecified atom stereocenters. The van der Waals surface area contributed by atoms with Crippen LogP contribution >= 0.6 is 0 Å². The van der Waals surface area contributed by atoms with Gasteiger partial charge in [-0.2, -0.15) is 0 Å². The number of methoxy groups -OCH3 is 3. The lowest BCUT2D eigenvalue weighted by Crippen LogP contribution is -2.42. The van der Waals surface area contributed by atoms with Crippen LogP contribution in [0.1, 0.15) is 44.8 Å². The van der Waals surface area contributed by atoms with Crippen molar-refractivity contribution in [1.29, 1.82) is 0 Å². The molecule has 3 aromatic carbocycles. The lowest BCUT2D eigenvalue weighted by atomic mass is 9.91. The van der Waals surface area contributed by atoms with Gasteiger partial charge in [-0.05, 0) is 73.0 Å². The SMILES string of the molecule is CCOc1ccccc1C(=O)N1CCc2cc(OC)c(OC)cc2[C@@H]1COc1ccc(C(=O)OC)cc1. The first kappa shape index (κ1) is 25.9. The molecule has 1 amide bonds. The highest BCUT2D eigenvalue weighted by molar-refractivity contribution is 5.97. The lowest BCUT2D eigenvalue weighted by Gasteiger charge is -2.38. The Hall–Kier alpha value is -4.20. The number of ether oxygens (including phenoxy) is 5. The van der Waals surface area contributed by atoms with Crippen molar-refractivity contribution in [2.75, 3.05) is 41.1 Å². The molecule has 0 bridgehead atoms. The summed E-state index contributed by atoms with van der Waals surface area (Å²) in [6.45, 7) is 3.04.